The molecule has 2 aromatic carbocycles. The Morgan fingerprint density at radius 2 is 2.04 bits per heavy atom. The Morgan fingerprint density at radius 1 is 1.18 bits per heavy atom. The van der Waals surface area contributed by atoms with Crippen LogP contribution in [0.15, 0.2) is 65.5 Å². The lowest BCUT2D eigenvalue weighted by molar-refractivity contribution is 0.102. The van der Waals surface area contributed by atoms with Crippen LogP contribution >= 0.6 is 15.9 Å². The molecule has 0 saturated heterocycles. The largest absolute Gasteiger partial charge is 0.304 e. The normalized spacial score (nSPS) is 10.8. The molecule has 2 heterocycles. The van der Waals surface area contributed by atoms with Crippen molar-refractivity contribution >= 4 is 27.7 Å². The van der Waals surface area contributed by atoms with E-state index >= 15 is 0 Å². The van der Waals surface area contributed by atoms with Crippen LogP contribution in [0.25, 0.3) is 5.69 Å². The number of nitrogens with zero attached hydrogens (tertiary/aromatic N) is 6. The van der Waals surface area contributed by atoms with Crippen molar-refractivity contribution in [1.82, 2.24) is 30.0 Å². The predicted octanol–water partition coefficient (Wildman–Crippen LogP) is 3.06. The Balaban J connectivity index is 1.52. The molecule has 10 heteroatoms. The van der Waals surface area contributed by atoms with Crippen LogP contribution in [0.1, 0.15) is 15.9 Å². The summed E-state index contributed by atoms with van der Waals surface area (Å²) in [4.78, 5) is 12.6. The lowest BCUT2D eigenvalue weighted by Crippen LogP contribution is -2.14. The van der Waals surface area contributed by atoms with E-state index in [0.29, 0.717) is 27.1 Å². The van der Waals surface area contributed by atoms with Gasteiger partial charge in [-0.1, -0.05) is 24.3 Å². The molecular weight excluding hydrogens is 429 g/mol. The number of tetrazole rings is 1. The summed E-state index contributed by atoms with van der Waals surface area (Å²) in [5.74, 6) is -0.306. The van der Waals surface area contributed by atoms with E-state index in [4.69, 9.17) is 0 Å². The number of anilines is 1. The fourth-order valence-electron chi connectivity index (χ4n) is 2.61. The summed E-state index contributed by atoms with van der Waals surface area (Å²) in [6.45, 7) is 0.246. The standard InChI is InChI=1S/C18H13BrFN7O/c19-15-10-26(9-13-4-1-2-7-16(13)20)23-17(15)22-18(28)12-5-3-6-14(8-12)27-11-21-24-25-27/h1-8,10-11H,9H2,(H,22,23,28). The first-order valence-corrected chi connectivity index (χ1v) is 9.00. The fourth-order valence-corrected chi connectivity index (χ4v) is 3.03. The summed E-state index contributed by atoms with van der Waals surface area (Å²) < 4.78 is 17.4. The van der Waals surface area contributed by atoms with E-state index in [-0.39, 0.29) is 18.3 Å². The Kier molecular flexibility index (Phi) is 4.94. The number of hydrogen-bond acceptors (Lipinski definition) is 5. The van der Waals surface area contributed by atoms with Crippen LogP contribution < -0.4 is 5.32 Å². The predicted molar refractivity (Wildman–Crippen MR) is 103 cm³/mol. The second kappa shape index (κ2) is 7.69. The van der Waals surface area contributed by atoms with Crippen molar-refractivity contribution < 1.29 is 9.18 Å². The highest BCUT2D eigenvalue weighted by Gasteiger charge is 2.14. The summed E-state index contributed by atoms with van der Waals surface area (Å²) in [5.41, 5.74) is 1.58. The van der Waals surface area contributed by atoms with Gasteiger partial charge in [0.15, 0.2) is 5.82 Å². The second-order valence-corrected chi connectivity index (χ2v) is 6.73. The molecule has 0 unspecified atom stereocenters. The second-order valence-electron chi connectivity index (χ2n) is 5.87. The van der Waals surface area contributed by atoms with E-state index in [1.165, 1.54) is 17.1 Å². The highest BCUT2D eigenvalue weighted by atomic mass is 79.9. The van der Waals surface area contributed by atoms with Crippen molar-refractivity contribution in [2.24, 2.45) is 0 Å². The minimum absolute atomic E-state index is 0.246. The van der Waals surface area contributed by atoms with Gasteiger partial charge in [0, 0.05) is 17.3 Å². The summed E-state index contributed by atoms with van der Waals surface area (Å²) in [6.07, 6.45) is 3.12. The van der Waals surface area contributed by atoms with Crippen LogP contribution in [-0.4, -0.2) is 35.9 Å². The molecule has 0 atom stereocenters. The number of halogens is 2. The van der Waals surface area contributed by atoms with E-state index in [1.54, 1.807) is 53.3 Å². The fraction of sp³-hybridized carbons (Fsp3) is 0.0556. The maximum atomic E-state index is 13.8. The van der Waals surface area contributed by atoms with E-state index in [0.717, 1.165) is 0 Å². The summed E-state index contributed by atoms with van der Waals surface area (Å²) in [5, 5.41) is 18.0. The van der Waals surface area contributed by atoms with Crippen LogP contribution in [0.4, 0.5) is 10.2 Å². The molecular formula is C18H13BrFN7O. The molecule has 1 amide bonds. The van der Waals surface area contributed by atoms with E-state index < -0.39 is 0 Å². The van der Waals surface area contributed by atoms with Crippen molar-refractivity contribution in [3.63, 3.8) is 0 Å². The van der Waals surface area contributed by atoms with Gasteiger partial charge in [-0.05, 0) is 50.6 Å². The number of benzene rings is 2. The smallest absolute Gasteiger partial charge is 0.256 e. The zero-order valence-electron chi connectivity index (χ0n) is 14.3. The van der Waals surface area contributed by atoms with Crippen LogP contribution in [0.2, 0.25) is 0 Å². The third kappa shape index (κ3) is 3.81. The minimum atomic E-state index is -0.341. The lowest BCUT2D eigenvalue weighted by Gasteiger charge is -2.05. The third-order valence-corrected chi connectivity index (χ3v) is 4.54. The van der Waals surface area contributed by atoms with Gasteiger partial charge in [-0.25, -0.2) is 9.07 Å². The highest BCUT2D eigenvalue weighted by molar-refractivity contribution is 9.10. The number of hydrogen-bond donors (Lipinski definition) is 1. The molecule has 0 aliphatic carbocycles. The molecule has 0 spiro atoms. The zero-order valence-corrected chi connectivity index (χ0v) is 15.9. The van der Waals surface area contributed by atoms with E-state index in [2.05, 4.69) is 41.9 Å². The molecule has 28 heavy (non-hydrogen) atoms. The van der Waals surface area contributed by atoms with Crippen LogP contribution in [0, 0.1) is 5.82 Å². The molecule has 0 fully saturated rings. The van der Waals surface area contributed by atoms with Gasteiger partial charge >= 0.3 is 0 Å². The van der Waals surface area contributed by atoms with Gasteiger partial charge < -0.3 is 5.32 Å². The van der Waals surface area contributed by atoms with Crippen molar-refractivity contribution in [1.29, 1.82) is 0 Å². The van der Waals surface area contributed by atoms with Crippen LogP contribution in [-0.2, 0) is 6.54 Å². The molecule has 0 bridgehead atoms. The van der Waals surface area contributed by atoms with Crippen molar-refractivity contribution in [3.05, 3.63) is 82.5 Å². The molecule has 8 nitrogen and oxygen atoms in total. The zero-order chi connectivity index (χ0) is 19.5. The highest BCUT2D eigenvalue weighted by Crippen LogP contribution is 2.22. The number of nitrogens with one attached hydrogen (secondary N) is 1. The number of amides is 1. The average molecular weight is 442 g/mol. The summed E-state index contributed by atoms with van der Waals surface area (Å²) in [7, 11) is 0. The molecule has 0 aliphatic heterocycles. The molecule has 0 aliphatic rings. The molecule has 1 N–H and O–H groups in total. The molecule has 0 radical (unpaired) electrons. The molecule has 4 rings (SSSR count). The van der Waals surface area contributed by atoms with E-state index in [1.807, 2.05) is 0 Å². The number of aromatic nitrogens is 6. The lowest BCUT2D eigenvalue weighted by atomic mass is 10.2. The van der Waals surface area contributed by atoms with Crippen molar-refractivity contribution in [2.75, 3.05) is 5.32 Å². The summed E-state index contributed by atoms with van der Waals surface area (Å²) >= 11 is 3.37. The first-order chi connectivity index (χ1) is 13.6. The van der Waals surface area contributed by atoms with Crippen molar-refractivity contribution in [3.8, 4) is 5.69 Å². The van der Waals surface area contributed by atoms with Crippen LogP contribution in [0.3, 0.4) is 0 Å². The molecule has 140 valence electrons. The maximum absolute atomic E-state index is 13.8. The van der Waals surface area contributed by atoms with E-state index in [9.17, 15) is 9.18 Å². The third-order valence-electron chi connectivity index (χ3n) is 3.96. The summed E-state index contributed by atoms with van der Waals surface area (Å²) in [6, 6.07) is 13.3. The Hall–Kier alpha value is -3.40. The van der Waals surface area contributed by atoms with Gasteiger partial charge in [0.05, 0.1) is 16.7 Å². The average Bonchev–Trinajstić information content (AvgIpc) is 3.34. The number of rotatable bonds is 5. The van der Waals surface area contributed by atoms with Crippen LogP contribution in [0.5, 0.6) is 0 Å². The Morgan fingerprint density at radius 3 is 2.82 bits per heavy atom. The van der Waals surface area contributed by atoms with Gasteiger partial charge in [-0.3, -0.25) is 9.48 Å². The quantitative estimate of drug-likeness (QED) is 0.513. The minimum Gasteiger partial charge on any atom is -0.304 e. The molecule has 0 saturated carbocycles. The number of carbonyl (C=O) groups is 1. The van der Waals surface area contributed by atoms with Gasteiger partial charge in [-0.2, -0.15) is 5.10 Å². The topological polar surface area (TPSA) is 90.5 Å². The maximum Gasteiger partial charge on any atom is 0.256 e. The number of carbonyl (C=O) groups excluding carboxylic acids is 1. The first kappa shape index (κ1) is 18.0. The first-order valence-electron chi connectivity index (χ1n) is 8.21. The van der Waals surface area contributed by atoms with Gasteiger partial charge in [0.1, 0.15) is 12.1 Å². The van der Waals surface area contributed by atoms with Gasteiger partial charge in [0.2, 0.25) is 0 Å². The molecule has 2 aromatic heterocycles. The van der Waals surface area contributed by atoms with Crippen molar-refractivity contribution in [2.45, 2.75) is 6.54 Å². The monoisotopic (exact) mass is 441 g/mol. The SMILES string of the molecule is O=C(Nc1nn(Cc2ccccc2F)cc1Br)c1cccc(-n2cnnn2)c1. The Labute approximate surface area is 167 Å². The van der Waals surface area contributed by atoms with Gasteiger partial charge in [-0.15, -0.1) is 5.10 Å². The Bertz CT molecular complexity index is 1130. The van der Waals surface area contributed by atoms with Gasteiger partial charge in [0.25, 0.3) is 5.91 Å². The molecule has 4 aromatic rings.